The molecule has 0 aliphatic rings. The molecule has 0 aliphatic heterocycles. The zero-order chi connectivity index (χ0) is 16.7. The average molecular weight is 319 g/mol. The number of aliphatic hydroxyl groups is 2. The lowest BCUT2D eigenvalue weighted by molar-refractivity contribution is 0.0182. The highest BCUT2D eigenvalue weighted by Gasteiger charge is 2.19. The second-order valence-electron chi connectivity index (χ2n) is 5.01. The summed E-state index contributed by atoms with van der Waals surface area (Å²) in [5.74, 6) is -0.510. The summed E-state index contributed by atoms with van der Waals surface area (Å²) >= 11 is 0. The van der Waals surface area contributed by atoms with Crippen LogP contribution in [0.3, 0.4) is 0 Å². The van der Waals surface area contributed by atoms with Crippen molar-refractivity contribution in [1.29, 1.82) is 0 Å². The SMILES string of the molecule is O=C(NCC(O)C(O)c1cccc(F)c1)OCc1ccccc1. The quantitative estimate of drug-likeness (QED) is 0.762. The molecule has 2 unspecified atom stereocenters. The van der Waals surface area contributed by atoms with Crippen molar-refractivity contribution < 1.29 is 24.1 Å². The van der Waals surface area contributed by atoms with Crippen molar-refractivity contribution in [2.24, 2.45) is 0 Å². The fourth-order valence-electron chi connectivity index (χ4n) is 1.99. The second kappa shape index (κ2) is 8.26. The lowest BCUT2D eigenvalue weighted by atomic mass is 10.0. The Labute approximate surface area is 133 Å². The van der Waals surface area contributed by atoms with Gasteiger partial charge in [-0.25, -0.2) is 9.18 Å². The van der Waals surface area contributed by atoms with Crippen LogP contribution in [0, 0.1) is 5.82 Å². The van der Waals surface area contributed by atoms with Crippen LogP contribution in [0.4, 0.5) is 9.18 Å². The van der Waals surface area contributed by atoms with Crippen LogP contribution in [0.5, 0.6) is 0 Å². The molecule has 23 heavy (non-hydrogen) atoms. The smallest absolute Gasteiger partial charge is 0.407 e. The number of halogens is 1. The van der Waals surface area contributed by atoms with Gasteiger partial charge in [-0.1, -0.05) is 42.5 Å². The van der Waals surface area contributed by atoms with Crippen molar-refractivity contribution in [2.75, 3.05) is 6.54 Å². The van der Waals surface area contributed by atoms with Gasteiger partial charge in [0.1, 0.15) is 24.6 Å². The third kappa shape index (κ3) is 5.36. The summed E-state index contributed by atoms with van der Waals surface area (Å²) in [6.07, 6.45) is -3.29. The topological polar surface area (TPSA) is 78.8 Å². The number of nitrogens with one attached hydrogen (secondary N) is 1. The highest BCUT2D eigenvalue weighted by Crippen LogP contribution is 2.17. The normalized spacial score (nSPS) is 13.2. The Morgan fingerprint density at radius 3 is 2.57 bits per heavy atom. The summed E-state index contributed by atoms with van der Waals surface area (Å²) in [5, 5.41) is 22.1. The summed E-state index contributed by atoms with van der Waals surface area (Å²) in [5.41, 5.74) is 1.07. The van der Waals surface area contributed by atoms with Gasteiger partial charge in [0.15, 0.2) is 0 Å². The van der Waals surface area contributed by atoms with Crippen LogP contribution in [-0.2, 0) is 11.3 Å². The zero-order valence-corrected chi connectivity index (χ0v) is 12.4. The average Bonchev–Trinajstić information content (AvgIpc) is 2.58. The minimum absolute atomic E-state index is 0.106. The number of rotatable bonds is 6. The van der Waals surface area contributed by atoms with Crippen LogP contribution in [0.2, 0.25) is 0 Å². The van der Waals surface area contributed by atoms with Crippen LogP contribution >= 0.6 is 0 Å². The number of aliphatic hydroxyl groups excluding tert-OH is 2. The highest BCUT2D eigenvalue weighted by atomic mass is 19.1. The molecule has 5 nitrogen and oxygen atoms in total. The molecule has 3 N–H and O–H groups in total. The minimum atomic E-state index is -1.31. The van der Waals surface area contributed by atoms with Crippen LogP contribution in [-0.4, -0.2) is 29.0 Å². The summed E-state index contributed by atoms with van der Waals surface area (Å²) < 4.78 is 18.1. The molecule has 122 valence electrons. The Morgan fingerprint density at radius 1 is 1.13 bits per heavy atom. The summed E-state index contributed by atoms with van der Waals surface area (Å²) in [6, 6.07) is 14.4. The van der Waals surface area contributed by atoms with Gasteiger partial charge in [0.05, 0.1) is 0 Å². The Hall–Kier alpha value is -2.44. The van der Waals surface area contributed by atoms with Gasteiger partial charge < -0.3 is 20.3 Å². The number of ether oxygens (including phenoxy) is 1. The van der Waals surface area contributed by atoms with Gasteiger partial charge >= 0.3 is 6.09 Å². The molecule has 0 radical (unpaired) electrons. The van der Waals surface area contributed by atoms with E-state index in [9.17, 15) is 19.4 Å². The van der Waals surface area contributed by atoms with Crippen LogP contribution in [0.1, 0.15) is 17.2 Å². The molecule has 6 heteroatoms. The molecule has 2 aromatic rings. The molecule has 2 aromatic carbocycles. The molecule has 0 heterocycles. The van der Waals surface area contributed by atoms with E-state index in [0.717, 1.165) is 11.6 Å². The Morgan fingerprint density at radius 2 is 1.87 bits per heavy atom. The molecule has 0 aliphatic carbocycles. The first-order valence-electron chi connectivity index (χ1n) is 7.12. The van der Waals surface area contributed by atoms with Crippen molar-refractivity contribution in [2.45, 2.75) is 18.8 Å². The maximum Gasteiger partial charge on any atom is 0.407 e. The third-order valence-electron chi connectivity index (χ3n) is 3.22. The zero-order valence-electron chi connectivity index (χ0n) is 12.4. The maximum absolute atomic E-state index is 13.1. The molecule has 2 rings (SSSR count). The van der Waals surface area contributed by atoms with Gasteiger partial charge in [-0.15, -0.1) is 0 Å². The number of benzene rings is 2. The van der Waals surface area contributed by atoms with Gasteiger partial charge in [-0.2, -0.15) is 0 Å². The molecule has 2 atom stereocenters. The van der Waals surface area contributed by atoms with Gasteiger partial charge in [-0.05, 0) is 23.3 Å². The first-order chi connectivity index (χ1) is 11.1. The predicted molar refractivity (Wildman–Crippen MR) is 82.0 cm³/mol. The van der Waals surface area contributed by atoms with E-state index in [1.54, 1.807) is 0 Å². The molecule has 0 saturated carbocycles. The number of carbonyl (C=O) groups is 1. The van der Waals surface area contributed by atoms with E-state index in [1.807, 2.05) is 30.3 Å². The molecule has 0 spiro atoms. The number of hydrogen-bond acceptors (Lipinski definition) is 4. The van der Waals surface area contributed by atoms with E-state index in [2.05, 4.69) is 5.32 Å². The van der Waals surface area contributed by atoms with Crippen molar-refractivity contribution >= 4 is 6.09 Å². The van der Waals surface area contributed by atoms with E-state index in [4.69, 9.17) is 4.74 Å². The van der Waals surface area contributed by atoms with Crippen LogP contribution in [0.25, 0.3) is 0 Å². The number of amides is 1. The van der Waals surface area contributed by atoms with Crippen molar-refractivity contribution in [3.05, 3.63) is 71.5 Å². The van der Waals surface area contributed by atoms with Crippen LogP contribution in [0.15, 0.2) is 54.6 Å². The Bertz CT molecular complexity index is 636. The van der Waals surface area contributed by atoms with E-state index >= 15 is 0 Å². The standard InChI is InChI=1S/C17H18FNO4/c18-14-8-4-7-13(9-14)16(21)15(20)10-19-17(22)23-11-12-5-2-1-3-6-12/h1-9,15-16,20-21H,10-11H2,(H,19,22). The Kier molecular flexibility index (Phi) is 6.08. The van der Waals surface area contributed by atoms with Crippen LogP contribution < -0.4 is 5.32 Å². The second-order valence-corrected chi connectivity index (χ2v) is 5.01. The van der Waals surface area contributed by atoms with Gasteiger partial charge in [0.25, 0.3) is 0 Å². The summed E-state index contributed by atoms with van der Waals surface area (Å²) in [4.78, 5) is 11.5. The van der Waals surface area contributed by atoms with E-state index in [0.29, 0.717) is 0 Å². The predicted octanol–water partition coefficient (Wildman–Crippen LogP) is 2.15. The molecule has 0 saturated heterocycles. The molecular formula is C17H18FNO4. The maximum atomic E-state index is 13.1. The number of alkyl carbamates (subject to hydrolysis) is 1. The number of hydrogen-bond donors (Lipinski definition) is 3. The number of carbonyl (C=O) groups excluding carboxylic acids is 1. The highest BCUT2D eigenvalue weighted by molar-refractivity contribution is 5.67. The first kappa shape index (κ1) is 16.9. The van der Waals surface area contributed by atoms with E-state index in [1.165, 1.54) is 18.2 Å². The van der Waals surface area contributed by atoms with Crippen molar-refractivity contribution in [3.63, 3.8) is 0 Å². The lowest BCUT2D eigenvalue weighted by Gasteiger charge is -2.18. The lowest BCUT2D eigenvalue weighted by Crippen LogP contribution is -2.35. The molecular weight excluding hydrogens is 301 g/mol. The fourth-order valence-corrected chi connectivity index (χ4v) is 1.99. The van der Waals surface area contributed by atoms with E-state index in [-0.39, 0.29) is 18.7 Å². The monoisotopic (exact) mass is 319 g/mol. The minimum Gasteiger partial charge on any atom is -0.445 e. The largest absolute Gasteiger partial charge is 0.445 e. The van der Waals surface area contributed by atoms with Crippen molar-refractivity contribution in [3.8, 4) is 0 Å². The third-order valence-corrected chi connectivity index (χ3v) is 3.22. The van der Waals surface area contributed by atoms with Crippen molar-refractivity contribution in [1.82, 2.24) is 5.32 Å². The van der Waals surface area contributed by atoms with E-state index < -0.39 is 24.1 Å². The fraction of sp³-hybridized carbons (Fsp3) is 0.235. The van der Waals surface area contributed by atoms with Gasteiger partial charge in [0, 0.05) is 6.54 Å². The molecule has 0 bridgehead atoms. The molecule has 0 aromatic heterocycles. The summed E-state index contributed by atoms with van der Waals surface area (Å²) in [6.45, 7) is -0.111. The van der Waals surface area contributed by atoms with Gasteiger partial charge in [0.2, 0.25) is 0 Å². The Balaban J connectivity index is 1.77. The summed E-state index contributed by atoms with van der Waals surface area (Å²) in [7, 11) is 0. The molecule has 1 amide bonds. The first-order valence-corrected chi connectivity index (χ1v) is 7.12. The van der Waals surface area contributed by atoms with Gasteiger partial charge in [-0.3, -0.25) is 0 Å². The molecule has 0 fully saturated rings.